The van der Waals surface area contributed by atoms with Gasteiger partial charge in [0.2, 0.25) is 5.88 Å². The molecule has 0 spiro atoms. The number of anilines is 1. The Hall–Kier alpha value is -2.38. The van der Waals surface area contributed by atoms with Crippen molar-refractivity contribution >= 4 is 33.4 Å². The van der Waals surface area contributed by atoms with E-state index in [1.165, 1.54) is 11.8 Å². The predicted molar refractivity (Wildman–Crippen MR) is 114 cm³/mol. The Labute approximate surface area is 168 Å². The number of halogens is 1. The molecule has 0 radical (unpaired) electrons. The normalized spacial score (nSPS) is 16.7. The Kier molecular flexibility index (Phi) is 6.84. The lowest BCUT2D eigenvalue weighted by molar-refractivity contribution is 0.194. The van der Waals surface area contributed by atoms with Gasteiger partial charge in [-0.15, -0.1) is 0 Å². The van der Waals surface area contributed by atoms with E-state index in [9.17, 15) is 0 Å². The van der Waals surface area contributed by atoms with Crippen molar-refractivity contribution in [3.63, 3.8) is 0 Å². The summed E-state index contributed by atoms with van der Waals surface area (Å²) in [7, 11) is 1.71. The molecule has 0 aliphatic carbocycles. The smallest absolute Gasteiger partial charge is 0.237 e. The zero-order chi connectivity index (χ0) is 19.1. The summed E-state index contributed by atoms with van der Waals surface area (Å²) < 4.78 is 7.11. The molecular formula is C20H24BrN5O. The molecule has 1 unspecified atom stereocenters. The van der Waals surface area contributed by atoms with Crippen molar-refractivity contribution in [3.05, 3.63) is 58.3 Å². The molecule has 4 N–H and O–H groups in total. The highest BCUT2D eigenvalue weighted by Crippen LogP contribution is 2.29. The molecule has 1 aliphatic heterocycles. The highest BCUT2D eigenvalue weighted by Gasteiger charge is 2.20. The van der Waals surface area contributed by atoms with Crippen LogP contribution in [0.5, 0.6) is 5.88 Å². The topological polar surface area (TPSA) is 84.6 Å². The third kappa shape index (κ3) is 5.30. The first-order chi connectivity index (χ1) is 13.2. The van der Waals surface area contributed by atoms with Crippen LogP contribution < -0.4 is 21.1 Å². The third-order valence-corrected chi connectivity index (χ3v) is 4.78. The van der Waals surface area contributed by atoms with E-state index in [4.69, 9.17) is 10.5 Å². The van der Waals surface area contributed by atoms with E-state index < -0.39 is 0 Å². The Morgan fingerprint density at radius 1 is 1.48 bits per heavy atom. The summed E-state index contributed by atoms with van der Waals surface area (Å²) in [5.74, 6) is 0.619. The largest absolute Gasteiger partial charge is 0.470 e. The molecule has 2 aromatic rings. The number of nitrogens with two attached hydrogens (primary N) is 1. The van der Waals surface area contributed by atoms with Crippen molar-refractivity contribution in [2.45, 2.75) is 12.5 Å². The van der Waals surface area contributed by atoms with Gasteiger partial charge in [-0.25, -0.2) is 4.98 Å². The molecular weight excluding hydrogens is 406 g/mol. The molecule has 0 amide bonds. The van der Waals surface area contributed by atoms with E-state index in [-0.39, 0.29) is 6.10 Å². The summed E-state index contributed by atoms with van der Waals surface area (Å²) in [4.78, 5) is 8.44. The fourth-order valence-electron chi connectivity index (χ4n) is 2.91. The molecule has 0 saturated carbocycles. The van der Waals surface area contributed by atoms with Crippen molar-refractivity contribution < 1.29 is 4.74 Å². The molecule has 1 aromatic carbocycles. The van der Waals surface area contributed by atoms with E-state index in [0.717, 1.165) is 47.4 Å². The van der Waals surface area contributed by atoms with Gasteiger partial charge in [0.1, 0.15) is 6.10 Å². The number of benzene rings is 1. The fraction of sp³-hybridized carbons (Fsp3) is 0.300. The minimum Gasteiger partial charge on any atom is -0.470 e. The number of hydrogen-bond donors (Lipinski definition) is 3. The van der Waals surface area contributed by atoms with Crippen LogP contribution in [-0.2, 0) is 6.42 Å². The summed E-state index contributed by atoms with van der Waals surface area (Å²) in [5.41, 5.74) is 9.58. The second kappa shape index (κ2) is 9.53. The van der Waals surface area contributed by atoms with Gasteiger partial charge in [-0.3, -0.25) is 4.99 Å². The number of nitrogens with one attached hydrogen (secondary N) is 2. The molecule has 2 heterocycles. The van der Waals surface area contributed by atoms with Gasteiger partial charge in [0, 0.05) is 47.8 Å². The molecule has 1 atom stereocenters. The molecule has 0 bridgehead atoms. The van der Waals surface area contributed by atoms with Gasteiger partial charge < -0.3 is 21.1 Å². The molecule has 3 rings (SSSR count). The maximum Gasteiger partial charge on any atom is 0.237 e. The lowest BCUT2D eigenvalue weighted by atomic mass is 10.1. The van der Waals surface area contributed by atoms with Gasteiger partial charge in [-0.1, -0.05) is 28.1 Å². The molecule has 0 fully saturated rings. The Balaban J connectivity index is 1.51. The minimum atomic E-state index is 0.0417. The van der Waals surface area contributed by atoms with Crippen molar-refractivity contribution in [2.24, 2.45) is 10.7 Å². The van der Waals surface area contributed by atoms with E-state index >= 15 is 0 Å². The predicted octanol–water partition coefficient (Wildman–Crippen LogP) is 2.85. The van der Waals surface area contributed by atoms with Crippen LogP contribution in [0, 0.1) is 0 Å². The van der Waals surface area contributed by atoms with Gasteiger partial charge in [-0.05, 0) is 36.7 Å². The van der Waals surface area contributed by atoms with Crippen LogP contribution in [0.15, 0.2) is 52.2 Å². The maximum absolute atomic E-state index is 6.00. The minimum absolute atomic E-state index is 0.0417. The van der Waals surface area contributed by atoms with E-state index in [1.807, 2.05) is 12.1 Å². The maximum atomic E-state index is 6.00. The van der Waals surface area contributed by atoms with Crippen LogP contribution in [0.2, 0.25) is 0 Å². The first-order valence-electron chi connectivity index (χ1n) is 8.89. The number of nitrogens with zero attached hydrogens (tertiary/aromatic N) is 2. The number of aliphatic imine (C=N–C) groups is 1. The Morgan fingerprint density at radius 3 is 3.15 bits per heavy atom. The summed E-state index contributed by atoms with van der Waals surface area (Å²) in [5, 5.41) is 6.85. The van der Waals surface area contributed by atoms with Crippen LogP contribution in [0.25, 0.3) is 5.57 Å². The molecule has 0 saturated heterocycles. The number of aromatic nitrogens is 1. The van der Waals surface area contributed by atoms with E-state index in [1.54, 1.807) is 19.5 Å². The molecule has 27 heavy (non-hydrogen) atoms. The summed E-state index contributed by atoms with van der Waals surface area (Å²) in [6, 6.07) is 10.4. The highest BCUT2D eigenvalue weighted by atomic mass is 79.9. The zero-order valence-electron chi connectivity index (χ0n) is 15.3. The van der Waals surface area contributed by atoms with Crippen molar-refractivity contribution in [1.82, 2.24) is 10.3 Å². The van der Waals surface area contributed by atoms with Gasteiger partial charge in [-0.2, -0.15) is 0 Å². The number of hydrogen-bond acceptors (Lipinski definition) is 6. The average Bonchev–Trinajstić information content (AvgIpc) is 2.69. The number of pyridine rings is 1. The molecule has 7 heteroatoms. The van der Waals surface area contributed by atoms with E-state index in [0.29, 0.717) is 5.88 Å². The SMILES string of the molecule is CN=C/C(=C\N)c1cnc2c(c1)NCC(CNCCc1cccc(Br)c1)O2. The molecule has 6 nitrogen and oxygen atoms in total. The van der Waals surface area contributed by atoms with Crippen molar-refractivity contribution in [3.8, 4) is 5.88 Å². The first-order valence-corrected chi connectivity index (χ1v) is 9.69. The second-order valence-corrected chi connectivity index (χ2v) is 7.21. The van der Waals surface area contributed by atoms with Gasteiger partial charge in [0.25, 0.3) is 0 Å². The Bertz CT molecular complexity index is 837. The number of ether oxygens (including phenoxy) is 1. The second-order valence-electron chi connectivity index (χ2n) is 6.29. The van der Waals surface area contributed by atoms with Crippen LogP contribution in [-0.4, -0.2) is 44.0 Å². The van der Waals surface area contributed by atoms with Crippen molar-refractivity contribution in [1.29, 1.82) is 0 Å². The highest BCUT2D eigenvalue weighted by molar-refractivity contribution is 9.10. The van der Waals surface area contributed by atoms with Crippen LogP contribution in [0.3, 0.4) is 0 Å². The lowest BCUT2D eigenvalue weighted by Gasteiger charge is -2.27. The molecule has 1 aliphatic rings. The molecule has 142 valence electrons. The van der Waals surface area contributed by atoms with Crippen LogP contribution in [0.1, 0.15) is 11.1 Å². The standard InChI is InChI=1S/C20H24BrN5O/c1-23-10-16(9-22)15-8-19-20(26-11-15)27-18(13-25-19)12-24-6-5-14-3-2-4-17(21)7-14/h2-4,7-11,18,24-25H,5-6,12-13,22H2,1H3/b16-9+,23-10?. The third-order valence-electron chi connectivity index (χ3n) is 4.28. The number of allylic oxidation sites excluding steroid dienone is 1. The quantitative estimate of drug-likeness (QED) is 0.465. The first kappa shape index (κ1) is 19.4. The summed E-state index contributed by atoms with van der Waals surface area (Å²) in [6.07, 6.45) is 6.01. The molecule has 1 aromatic heterocycles. The number of rotatable bonds is 7. The van der Waals surface area contributed by atoms with Crippen molar-refractivity contribution in [2.75, 3.05) is 32.0 Å². The van der Waals surface area contributed by atoms with Crippen LogP contribution >= 0.6 is 15.9 Å². The van der Waals surface area contributed by atoms with E-state index in [2.05, 4.69) is 54.7 Å². The van der Waals surface area contributed by atoms with Crippen LogP contribution in [0.4, 0.5) is 5.69 Å². The monoisotopic (exact) mass is 429 g/mol. The lowest BCUT2D eigenvalue weighted by Crippen LogP contribution is -2.40. The Morgan fingerprint density at radius 2 is 2.37 bits per heavy atom. The fourth-order valence-corrected chi connectivity index (χ4v) is 3.36. The summed E-state index contributed by atoms with van der Waals surface area (Å²) >= 11 is 3.50. The van der Waals surface area contributed by atoms with Gasteiger partial charge in [0.05, 0.1) is 12.2 Å². The zero-order valence-corrected chi connectivity index (χ0v) is 16.9. The van der Waals surface area contributed by atoms with Gasteiger partial charge >= 0.3 is 0 Å². The van der Waals surface area contributed by atoms with Gasteiger partial charge in [0.15, 0.2) is 0 Å². The summed E-state index contributed by atoms with van der Waals surface area (Å²) in [6.45, 7) is 2.39. The number of fused-ring (bicyclic) bond motifs is 1. The average molecular weight is 430 g/mol.